The molecule has 1 aromatic carbocycles. The summed E-state index contributed by atoms with van der Waals surface area (Å²) in [7, 11) is 0. The number of rotatable bonds is 1. The number of nitrogens with zero attached hydrogens (tertiary/aromatic N) is 1. The highest BCUT2D eigenvalue weighted by Crippen LogP contribution is 2.56. The van der Waals surface area contributed by atoms with E-state index in [9.17, 15) is 19.8 Å². The van der Waals surface area contributed by atoms with E-state index in [2.05, 4.69) is 0 Å². The van der Waals surface area contributed by atoms with E-state index in [1.54, 1.807) is 24.3 Å². The van der Waals surface area contributed by atoms with Gasteiger partial charge in [-0.05, 0) is 24.6 Å². The minimum Gasteiger partial charge on any atom is -0.390 e. The van der Waals surface area contributed by atoms with Gasteiger partial charge in [0.05, 0.1) is 29.7 Å². The van der Waals surface area contributed by atoms with Gasteiger partial charge in [-0.1, -0.05) is 17.7 Å². The van der Waals surface area contributed by atoms with E-state index in [0.717, 1.165) is 4.90 Å². The van der Waals surface area contributed by atoms with Crippen LogP contribution in [0.25, 0.3) is 0 Å². The summed E-state index contributed by atoms with van der Waals surface area (Å²) in [5.74, 6) is -2.25. The lowest BCUT2D eigenvalue weighted by atomic mass is 9.78. The van der Waals surface area contributed by atoms with Crippen LogP contribution in [-0.4, -0.2) is 34.2 Å². The number of aliphatic hydroxyl groups is 2. The maximum Gasteiger partial charge on any atom is 0.238 e. The van der Waals surface area contributed by atoms with Gasteiger partial charge in [-0.15, -0.1) is 0 Å². The van der Waals surface area contributed by atoms with Gasteiger partial charge in [-0.25, -0.2) is 4.90 Å². The minimum absolute atomic E-state index is 0.286. The summed E-state index contributed by atoms with van der Waals surface area (Å²) in [6.45, 7) is 0. The van der Waals surface area contributed by atoms with Crippen LogP contribution >= 0.6 is 11.6 Å². The molecule has 0 radical (unpaired) electrons. The van der Waals surface area contributed by atoms with Crippen LogP contribution < -0.4 is 4.90 Å². The number of carbonyl (C=O) groups excluding carboxylic acids is 2. The number of hydrogen-bond donors (Lipinski definition) is 2. The van der Waals surface area contributed by atoms with Crippen LogP contribution in [-0.2, 0) is 9.59 Å². The third kappa shape index (κ3) is 1.59. The second-order valence-corrected chi connectivity index (χ2v) is 6.52. The van der Waals surface area contributed by atoms with Crippen LogP contribution in [0.4, 0.5) is 5.69 Å². The Labute approximate surface area is 126 Å². The van der Waals surface area contributed by atoms with Gasteiger partial charge < -0.3 is 10.2 Å². The molecular formula is C15H14ClNO4. The van der Waals surface area contributed by atoms with E-state index in [1.165, 1.54) is 0 Å². The summed E-state index contributed by atoms with van der Waals surface area (Å²) in [5.41, 5.74) is 0.454. The number of fused-ring (bicyclic) bond motifs is 5. The van der Waals surface area contributed by atoms with Gasteiger partial charge in [0.25, 0.3) is 0 Å². The predicted molar refractivity (Wildman–Crippen MR) is 74.5 cm³/mol. The molecular weight excluding hydrogens is 294 g/mol. The monoisotopic (exact) mass is 307 g/mol. The molecule has 6 heteroatoms. The molecule has 3 fully saturated rings. The quantitative estimate of drug-likeness (QED) is 0.753. The van der Waals surface area contributed by atoms with Crippen molar-refractivity contribution in [3.05, 3.63) is 29.3 Å². The fourth-order valence-electron chi connectivity index (χ4n) is 4.30. The minimum atomic E-state index is -0.910. The molecule has 2 N–H and O–H groups in total. The Balaban J connectivity index is 1.75. The van der Waals surface area contributed by atoms with E-state index in [-0.39, 0.29) is 23.7 Å². The van der Waals surface area contributed by atoms with Crippen molar-refractivity contribution in [2.45, 2.75) is 18.6 Å². The number of amides is 2. The molecule has 1 saturated heterocycles. The smallest absolute Gasteiger partial charge is 0.238 e. The van der Waals surface area contributed by atoms with Crippen LogP contribution in [0.15, 0.2) is 24.3 Å². The summed E-state index contributed by atoms with van der Waals surface area (Å²) >= 11 is 5.93. The lowest BCUT2D eigenvalue weighted by Crippen LogP contribution is -2.43. The SMILES string of the molecule is O=C1[C@@H]2[C@H]3C[C@@H]([C@@H](O)[C@H]3O)[C@H]2C(=O)N1c1cccc(Cl)c1. The molecule has 1 aliphatic heterocycles. The van der Waals surface area contributed by atoms with Crippen molar-refractivity contribution < 1.29 is 19.8 Å². The van der Waals surface area contributed by atoms with E-state index in [4.69, 9.17) is 11.6 Å². The van der Waals surface area contributed by atoms with Crippen LogP contribution in [0, 0.1) is 23.7 Å². The topological polar surface area (TPSA) is 77.8 Å². The molecule has 6 atom stereocenters. The molecule has 3 aliphatic rings. The van der Waals surface area contributed by atoms with Crippen LogP contribution in [0.2, 0.25) is 5.02 Å². The molecule has 1 heterocycles. The average Bonchev–Trinajstić information content (AvgIpc) is 3.04. The molecule has 0 aromatic heterocycles. The van der Waals surface area contributed by atoms with Crippen molar-refractivity contribution in [1.82, 2.24) is 0 Å². The predicted octanol–water partition coefficient (Wildman–Crippen LogP) is 0.817. The first-order valence-electron chi connectivity index (χ1n) is 7.00. The fraction of sp³-hybridized carbons (Fsp3) is 0.467. The van der Waals surface area contributed by atoms with Crippen molar-refractivity contribution >= 4 is 29.1 Å². The van der Waals surface area contributed by atoms with Gasteiger partial charge in [0.2, 0.25) is 11.8 Å². The fourth-order valence-corrected chi connectivity index (χ4v) is 4.48. The number of halogens is 1. The highest BCUT2D eigenvalue weighted by Gasteiger charge is 2.67. The highest BCUT2D eigenvalue weighted by molar-refractivity contribution is 6.31. The third-order valence-electron chi connectivity index (χ3n) is 5.16. The Morgan fingerprint density at radius 2 is 1.62 bits per heavy atom. The van der Waals surface area contributed by atoms with Crippen molar-refractivity contribution in [1.29, 1.82) is 0 Å². The molecule has 2 amide bonds. The normalized spacial score (nSPS) is 41.0. The van der Waals surface area contributed by atoms with Crippen molar-refractivity contribution in [2.24, 2.45) is 23.7 Å². The molecule has 0 spiro atoms. The largest absolute Gasteiger partial charge is 0.390 e. The molecule has 2 saturated carbocycles. The molecule has 1 aromatic rings. The van der Waals surface area contributed by atoms with Gasteiger partial charge in [-0.3, -0.25) is 9.59 Å². The second-order valence-electron chi connectivity index (χ2n) is 6.09. The molecule has 2 bridgehead atoms. The van der Waals surface area contributed by atoms with E-state index < -0.39 is 24.0 Å². The number of hydrogen-bond acceptors (Lipinski definition) is 4. The zero-order valence-corrected chi connectivity index (χ0v) is 11.8. The van der Waals surface area contributed by atoms with Gasteiger partial charge in [0.15, 0.2) is 0 Å². The Morgan fingerprint density at radius 1 is 1.05 bits per heavy atom. The number of benzene rings is 1. The Hall–Kier alpha value is -1.43. The maximum atomic E-state index is 12.6. The molecule has 110 valence electrons. The van der Waals surface area contributed by atoms with Crippen LogP contribution in [0.3, 0.4) is 0 Å². The Bertz CT molecular complexity index is 616. The number of imide groups is 1. The van der Waals surface area contributed by atoms with Gasteiger partial charge in [-0.2, -0.15) is 0 Å². The summed E-state index contributed by atoms with van der Waals surface area (Å²) in [4.78, 5) is 26.4. The van der Waals surface area contributed by atoms with Crippen molar-refractivity contribution in [3.63, 3.8) is 0 Å². The second kappa shape index (κ2) is 4.29. The first-order chi connectivity index (χ1) is 10.0. The third-order valence-corrected chi connectivity index (χ3v) is 5.39. The first kappa shape index (κ1) is 13.2. The Morgan fingerprint density at radius 3 is 2.14 bits per heavy atom. The maximum absolute atomic E-state index is 12.6. The number of anilines is 1. The van der Waals surface area contributed by atoms with E-state index >= 15 is 0 Å². The van der Waals surface area contributed by atoms with E-state index in [1.807, 2.05) is 0 Å². The van der Waals surface area contributed by atoms with E-state index in [0.29, 0.717) is 17.1 Å². The average molecular weight is 308 g/mol. The van der Waals surface area contributed by atoms with Gasteiger partial charge in [0.1, 0.15) is 0 Å². The summed E-state index contributed by atoms with van der Waals surface area (Å²) in [6, 6.07) is 6.60. The summed E-state index contributed by atoms with van der Waals surface area (Å²) in [5, 5.41) is 20.4. The highest BCUT2D eigenvalue weighted by atomic mass is 35.5. The molecule has 2 aliphatic carbocycles. The van der Waals surface area contributed by atoms with Gasteiger partial charge in [0, 0.05) is 16.9 Å². The standard InChI is InChI=1S/C15H14ClNO4/c16-6-2-1-3-7(4-6)17-14(20)10-8-5-9(11(10)15(17)21)13(19)12(8)18/h1-4,8-13,18-19H,5H2/t8-,9-,10-,11-,12-,13+/m1/s1. The molecule has 21 heavy (non-hydrogen) atoms. The lowest BCUT2D eigenvalue weighted by molar-refractivity contribution is -0.129. The lowest BCUT2D eigenvalue weighted by Gasteiger charge is -2.29. The Kier molecular flexibility index (Phi) is 2.70. The summed E-state index contributed by atoms with van der Waals surface area (Å²) < 4.78 is 0. The number of carbonyl (C=O) groups is 2. The zero-order chi connectivity index (χ0) is 14.9. The number of aliphatic hydroxyl groups excluding tert-OH is 2. The van der Waals surface area contributed by atoms with Crippen molar-refractivity contribution in [3.8, 4) is 0 Å². The molecule has 4 rings (SSSR count). The van der Waals surface area contributed by atoms with Crippen LogP contribution in [0.1, 0.15) is 6.42 Å². The molecule has 5 nitrogen and oxygen atoms in total. The zero-order valence-electron chi connectivity index (χ0n) is 11.0. The first-order valence-corrected chi connectivity index (χ1v) is 7.38. The van der Waals surface area contributed by atoms with Crippen LogP contribution in [0.5, 0.6) is 0 Å². The molecule has 0 unspecified atom stereocenters. The van der Waals surface area contributed by atoms with Gasteiger partial charge >= 0.3 is 0 Å². The summed E-state index contributed by atoms with van der Waals surface area (Å²) in [6.07, 6.45) is -1.28. The van der Waals surface area contributed by atoms with Crippen molar-refractivity contribution in [2.75, 3.05) is 4.90 Å².